The van der Waals surface area contributed by atoms with E-state index in [0.29, 0.717) is 35.7 Å². The monoisotopic (exact) mass is 518 g/mol. The number of aryl methyl sites for hydroxylation is 3. The van der Waals surface area contributed by atoms with E-state index in [0.717, 1.165) is 26.9 Å². The van der Waals surface area contributed by atoms with E-state index < -0.39 is 23.3 Å². The van der Waals surface area contributed by atoms with Gasteiger partial charge in [-0.15, -0.1) is 0 Å². The number of amides is 2. The maximum Gasteiger partial charge on any atom is 0.338 e. The molecule has 0 aliphatic carbocycles. The summed E-state index contributed by atoms with van der Waals surface area (Å²) in [7, 11) is 0. The number of aromatic nitrogens is 2. The number of carbonyl (C=O) groups is 3. The zero-order chi connectivity index (χ0) is 26.7. The van der Waals surface area contributed by atoms with Crippen molar-refractivity contribution in [1.29, 1.82) is 0 Å². The number of carbonyl (C=O) groups excluding carboxylic acids is 3. The van der Waals surface area contributed by atoms with E-state index in [9.17, 15) is 19.2 Å². The van der Waals surface area contributed by atoms with Crippen molar-refractivity contribution in [3.8, 4) is 0 Å². The van der Waals surface area contributed by atoms with Crippen molar-refractivity contribution in [3.63, 3.8) is 0 Å². The van der Waals surface area contributed by atoms with Crippen molar-refractivity contribution in [2.75, 3.05) is 17.2 Å². The number of nitrogens with one attached hydrogen (secondary N) is 2. The Hall–Kier alpha value is -4.31. The van der Waals surface area contributed by atoms with E-state index in [1.807, 2.05) is 32.9 Å². The molecule has 0 aliphatic heterocycles. The molecule has 2 amide bonds. The van der Waals surface area contributed by atoms with Gasteiger partial charge in [0.05, 0.1) is 12.2 Å². The van der Waals surface area contributed by atoms with Crippen molar-refractivity contribution in [2.24, 2.45) is 0 Å². The van der Waals surface area contributed by atoms with Crippen LogP contribution in [-0.4, -0.2) is 33.8 Å². The van der Waals surface area contributed by atoms with E-state index >= 15 is 0 Å². The molecule has 0 spiro atoms. The van der Waals surface area contributed by atoms with Crippen LogP contribution in [-0.2, 0) is 4.74 Å². The number of hydrogen-bond donors (Lipinski definition) is 2. The van der Waals surface area contributed by atoms with Crippen molar-refractivity contribution < 1.29 is 19.1 Å². The van der Waals surface area contributed by atoms with Crippen LogP contribution in [0.15, 0.2) is 53.3 Å². The van der Waals surface area contributed by atoms with Crippen LogP contribution in [0.1, 0.15) is 60.7 Å². The van der Waals surface area contributed by atoms with Crippen molar-refractivity contribution in [1.82, 2.24) is 9.38 Å². The van der Waals surface area contributed by atoms with Gasteiger partial charge in [0.2, 0.25) is 0 Å². The van der Waals surface area contributed by atoms with Gasteiger partial charge in [-0.05, 0) is 63.1 Å². The standard InChI is InChI=1S/C27H26N4O5S/c1-5-12-36-26(35)18-7-9-19(10-8-18)29-25(34)23-22(31-21(32)14-17(4)28-27(31)37-23)24(33)30-20-11-6-15(2)13-16(20)3/h6-11,13-14H,5,12H2,1-4H3,(H,29,34)(H,30,33). The second-order valence-electron chi connectivity index (χ2n) is 8.57. The lowest BCUT2D eigenvalue weighted by Gasteiger charge is -2.11. The molecule has 0 saturated carbocycles. The normalized spacial score (nSPS) is 10.8. The Bertz CT molecular complexity index is 1570. The topological polar surface area (TPSA) is 119 Å². The number of benzene rings is 2. The molecule has 0 unspecified atom stereocenters. The minimum Gasteiger partial charge on any atom is -0.462 e. The minimum atomic E-state index is -0.606. The third-order valence-corrected chi connectivity index (χ3v) is 6.55. The van der Waals surface area contributed by atoms with E-state index in [-0.39, 0.29) is 15.5 Å². The van der Waals surface area contributed by atoms with Gasteiger partial charge in [0.1, 0.15) is 10.6 Å². The highest BCUT2D eigenvalue weighted by molar-refractivity contribution is 7.19. The number of esters is 1. The Kier molecular flexibility index (Phi) is 7.49. The Labute approximate surface area is 217 Å². The Balaban J connectivity index is 1.68. The Morgan fingerprint density at radius 1 is 0.973 bits per heavy atom. The molecule has 0 aliphatic rings. The number of fused-ring (bicyclic) bond motifs is 1. The zero-order valence-corrected chi connectivity index (χ0v) is 21.7. The predicted molar refractivity (Wildman–Crippen MR) is 143 cm³/mol. The first-order chi connectivity index (χ1) is 17.7. The highest BCUT2D eigenvalue weighted by Gasteiger charge is 2.26. The molecule has 9 nitrogen and oxygen atoms in total. The second-order valence-corrected chi connectivity index (χ2v) is 9.55. The van der Waals surface area contributed by atoms with Crippen LogP contribution in [0.5, 0.6) is 0 Å². The summed E-state index contributed by atoms with van der Waals surface area (Å²) < 4.78 is 6.27. The highest BCUT2D eigenvalue weighted by Crippen LogP contribution is 2.25. The quantitative estimate of drug-likeness (QED) is 0.341. The first-order valence-corrected chi connectivity index (χ1v) is 12.5. The van der Waals surface area contributed by atoms with Gasteiger partial charge in [-0.2, -0.15) is 0 Å². The molecule has 4 aromatic rings. The number of rotatable bonds is 7. The summed E-state index contributed by atoms with van der Waals surface area (Å²) in [6.45, 7) is 7.70. The van der Waals surface area contributed by atoms with Crippen molar-refractivity contribution in [3.05, 3.63) is 91.8 Å². The van der Waals surface area contributed by atoms with E-state index in [1.54, 1.807) is 37.3 Å². The molecule has 0 bridgehead atoms. The molecule has 4 rings (SSSR count). The lowest BCUT2D eigenvalue weighted by Crippen LogP contribution is -2.25. The fourth-order valence-electron chi connectivity index (χ4n) is 3.74. The summed E-state index contributed by atoms with van der Waals surface area (Å²) in [6, 6.07) is 13.1. The Morgan fingerprint density at radius 2 is 1.70 bits per heavy atom. The molecule has 0 fully saturated rings. The molecule has 37 heavy (non-hydrogen) atoms. The molecule has 2 aromatic carbocycles. The molecule has 10 heteroatoms. The van der Waals surface area contributed by atoms with Crippen LogP contribution in [0.25, 0.3) is 4.96 Å². The van der Waals surface area contributed by atoms with E-state index in [4.69, 9.17) is 4.74 Å². The minimum absolute atomic E-state index is 0.0314. The van der Waals surface area contributed by atoms with Crippen LogP contribution < -0.4 is 16.2 Å². The van der Waals surface area contributed by atoms with E-state index in [2.05, 4.69) is 15.6 Å². The number of nitrogens with zero attached hydrogens (tertiary/aromatic N) is 2. The summed E-state index contributed by atoms with van der Waals surface area (Å²) in [6.07, 6.45) is 0.714. The zero-order valence-electron chi connectivity index (χ0n) is 20.9. The summed E-state index contributed by atoms with van der Waals surface area (Å²) in [5.74, 6) is -1.64. The highest BCUT2D eigenvalue weighted by atomic mass is 32.1. The number of hydrogen-bond acceptors (Lipinski definition) is 7. The van der Waals surface area contributed by atoms with Crippen LogP contribution in [0, 0.1) is 20.8 Å². The third kappa shape index (κ3) is 5.59. The average molecular weight is 519 g/mol. The van der Waals surface area contributed by atoms with Crippen LogP contribution >= 0.6 is 11.3 Å². The van der Waals surface area contributed by atoms with Crippen molar-refractivity contribution in [2.45, 2.75) is 34.1 Å². The van der Waals surface area contributed by atoms with Gasteiger partial charge in [0.15, 0.2) is 4.96 Å². The molecular formula is C27H26N4O5S. The maximum absolute atomic E-state index is 13.4. The second kappa shape index (κ2) is 10.8. The van der Waals surface area contributed by atoms with E-state index in [1.165, 1.54) is 6.07 Å². The van der Waals surface area contributed by atoms with Gasteiger partial charge in [0, 0.05) is 23.1 Å². The van der Waals surface area contributed by atoms with Gasteiger partial charge in [-0.3, -0.25) is 14.4 Å². The van der Waals surface area contributed by atoms with Gasteiger partial charge in [0.25, 0.3) is 17.4 Å². The number of anilines is 2. The number of thiazole rings is 1. The van der Waals surface area contributed by atoms with Crippen LogP contribution in [0.4, 0.5) is 11.4 Å². The molecule has 190 valence electrons. The average Bonchev–Trinajstić information content (AvgIpc) is 3.24. The SMILES string of the molecule is CCCOC(=O)c1ccc(NC(=O)c2sc3nc(C)cc(=O)n3c2C(=O)Nc2ccc(C)cc2C)cc1. The van der Waals surface area contributed by atoms with Gasteiger partial charge >= 0.3 is 5.97 Å². The molecule has 2 N–H and O–H groups in total. The first-order valence-electron chi connectivity index (χ1n) is 11.7. The molecule has 0 radical (unpaired) electrons. The third-order valence-electron chi connectivity index (χ3n) is 5.52. The summed E-state index contributed by atoms with van der Waals surface area (Å²) in [5.41, 5.74) is 3.13. The molecular weight excluding hydrogens is 492 g/mol. The van der Waals surface area contributed by atoms with Gasteiger partial charge in [-0.25, -0.2) is 14.2 Å². The van der Waals surface area contributed by atoms with Crippen molar-refractivity contribution >= 4 is 45.5 Å². The molecule has 2 aromatic heterocycles. The summed E-state index contributed by atoms with van der Waals surface area (Å²) in [5, 5.41) is 5.56. The van der Waals surface area contributed by atoms with Crippen LogP contribution in [0.2, 0.25) is 0 Å². The first kappa shape index (κ1) is 25.8. The largest absolute Gasteiger partial charge is 0.462 e. The number of ether oxygens (including phenoxy) is 1. The maximum atomic E-state index is 13.4. The summed E-state index contributed by atoms with van der Waals surface area (Å²) >= 11 is 0.947. The van der Waals surface area contributed by atoms with Gasteiger partial charge < -0.3 is 15.4 Å². The fraction of sp³-hybridized carbons (Fsp3) is 0.222. The van der Waals surface area contributed by atoms with Gasteiger partial charge in [-0.1, -0.05) is 36.0 Å². The summed E-state index contributed by atoms with van der Waals surface area (Å²) in [4.78, 5) is 56.2. The Morgan fingerprint density at radius 3 is 2.38 bits per heavy atom. The lowest BCUT2D eigenvalue weighted by atomic mass is 10.1. The lowest BCUT2D eigenvalue weighted by molar-refractivity contribution is 0.0505. The molecule has 2 heterocycles. The fourth-order valence-corrected chi connectivity index (χ4v) is 4.80. The predicted octanol–water partition coefficient (Wildman–Crippen LogP) is 4.75. The molecule has 0 saturated heterocycles. The molecule has 0 atom stereocenters. The smallest absolute Gasteiger partial charge is 0.338 e. The van der Waals surface area contributed by atoms with Crippen LogP contribution in [0.3, 0.4) is 0 Å².